The third-order valence-corrected chi connectivity index (χ3v) is 3.89. The van der Waals surface area contributed by atoms with E-state index in [-0.39, 0.29) is 10.6 Å². The third kappa shape index (κ3) is 3.19. The van der Waals surface area contributed by atoms with Crippen molar-refractivity contribution in [3.05, 3.63) is 64.8 Å². The minimum atomic E-state index is -0.641. The first kappa shape index (κ1) is 16.3. The lowest BCUT2D eigenvalue weighted by atomic mass is 10.2. The number of hydrogen-bond acceptors (Lipinski definition) is 3. The molecule has 0 atom stereocenters. The third-order valence-electron chi connectivity index (χ3n) is 3.57. The van der Waals surface area contributed by atoms with E-state index < -0.39 is 11.7 Å². The highest BCUT2D eigenvalue weighted by atomic mass is 35.5. The van der Waals surface area contributed by atoms with Crippen LogP contribution in [0.15, 0.2) is 42.7 Å². The van der Waals surface area contributed by atoms with Crippen molar-refractivity contribution in [2.45, 2.75) is 6.42 Å². The number of imidazole rings is 1. The van der Waals surface area contributed by atoms with Crippen LogP contribution in [0.1, 0.15) is 16.1 Å². The Hall–Kier alpha value is -2.60. The van der Waals surface area contributed by atoms with E-state index in [1.54, 1.807) is 7.11 Å². The van der Waals surface area contributed by atoms with E-state index in [9.17, 15) is 9.18 Å². The number of nitrogens with one attached hydrogen (secondary N) is 1. The van der Waals surface area contributed by atoms with Crippen molar-refractivity contribution in [3.8, 4) is 5.75 Å². The number of halogens is 2. The highest BCUT2D eigenvalue weighted by molar-refractivity contribution is 6.33. The quantitative estimate of drug-likeness (QED) is 0.771. The van der Waals surface area contributed by atoms with Crippen molar-refractivity contribution < 1.29 is 13.9 Å². The van der Waals surface area contributed by atoms with Gasteiger partial charge in [0.25, 0.3) is 5.91 Å². The van der Waals surface area contributed by atoms with E-state index in [0.29, 0.717) is 24.4 Å². The van der Waals surface area contributed by atoms with E-state index in [2.05, 4.69) is 10.3 Å². The second-order valence-electron chi connectivity index (χ2n) is 5.14. The van der Waals surface area contributed by atoms with E-state index in [0.717, 1.165) is 5.69 Å². The zero-order chi connectivity index (χ0) is 17.1. The molecule has 0 fully saturated rings. The fraction of sp³-hybridized carbons (Fsp3) is 0.176. The maximum Gasteiger partial charge on any atom is 0.255 e. The summed E-state index contributed by atoms with van der Waals surface area (Å²) in [7, 11) is 1.59. The Kier molecular flexibility index (Phi) is 4.66. The highest BCUT2D eigenvalue weighted by Crippen LogP contribution is 2.19. The largest absolute Gasteiger partial charge is 0.493 e. The topological polar surface area (TPSA) is 55.6 Å². The second-order valence-corrected chi connectivity index (χ2v) is 5.55. The molecular formula is C17H15ClFN3O2. The maximum absolute atomic E-state index is 13.7. The number of methoxy groups -OCH3 is 1. The van der Waals surface area contributed by atoms with Crippen LogP contribution in [-0.4, -0.2) is 28.9 Å². The molecule has 2 heterocycles. The minimum absolute atomic E-state index is 0.0879. The van der Waals surface area contributed by atoms with Gasteiger partial charge >= 0.3 is 0 Å². The Labute approximate surface area is 143 Å². The molecule has 124 valence electrons. The summed E-state index contributed by atoms with van der Waals surface area (Å²) in [5.41, 5.74) is 1.36. The van der Waals surface area contributed by atoms with E-state index >= 15 is 0 Å². The van der Waals surface area contributed by atoms with Gasteiger partial charge in [0, 0.05) is 25.4 Å². The van der Waals surface area contributed by atoms with Crippen molar-refractivity contribution in [2.24, 2.45) is 0 Å². The first-order valence-electron chi connectivity index (χ1n) is 7.33. The molecule has 2 aromatic heterocycles. The van der Waals surface area contributed by atoms with Gasteiger partial charge in [-0.05, 0) is 24.3 Å². The van der Waals surface area contributed by atoms with Gasteiger partial charge in [-0.2, -0.15) is 0 Å². The molecule has 0 aliphatic carbocycles. The SMILES string of the molecule is COc1cccn2cc(CCNC(=O)c3c(F)cccc3Cl)nc12. The number of rotatable bonds is 5. The molecule has 3 aromatic rings. The number of hydrogen-bond donors (Lipinski definition) is 1. The van der Waals surface area contributed by atoms with E-state index in [1.165, 1.54) is 18.2 Å². The van der Waals surface area contributed by atoms with Crippen LogP contribution in [0.2, 0.25) is 5.02 Å². The van der Waals surface area contributed by atoms with Crippen LogP contribution in [-0.2, 0) is 6.42 Å². The van der Waals surface area contributed by atoms with Crippen LogP contribution in [0.3, 0.4) is 0 Å². The zero-order valence-corrected chi connectivity index (χ0v) is 13.7. The summed E-state index contributed by atoms with van der Waals surface area (Å²) in [4.78, 5) is 16.5. The summed E-state index contributed by atoms with van der Waals surface area (Å²) in [6.07, 6.45) is 4.23. The average molecular weight is 348 g/mol. The predicted octanol–water partition coefficient (Wildman–Crippen LogP) is 3.11. The Bertz CT molecular complexity index is 874. The Morgan fingerprint density at radius 3 is 2.96 bits per heavy atom. The fourth-order valence-electron chi connectivity index (χ4n) is 2.42. The molecule has 3 rings (SSSR count). The molecule has 0 unspecified atom stereocenters. The average Bonchev–Trinajstić information content (AvgIpc) is 2.97. The summed E-state index contributed by atoms with van der Waals surface area (Å²) in [5.74, 6) is -0.511. The van der Waals surface area contributed by atoms with Crippen molar-refractivity contribution in [3.63, 3.8) is 0 Å². The number of pyridine rings is 1. The van der Waals surface area contributed by atoms with Gasteiger partial charge in [0.1, 0.15) is 5.82 Å². The molecule has 0 saturated heterocycles. The molecule has 0 bridgehead atoms. The normalized spacial score (nSPS) is 10.8. The Balaban J connectivity index is 1.67. The number of ether oxygens (including phenoxy) is 1. The van der Waals surface area contributed by atoms with Crippen LogP contribution in [0, 0.1) is 5.82 Å². The summed E-state index contributed by atoms with van der Waals surface area (Å²) in [5, 5.41) is 2.75. The summed E-state index contributed by atoms with van der Waals surface area (Å²) in [6.45, 7) is 0.315. The first-order valence-corrected chi connectivity index (χ1v) is 7.70. The summed E-state index contributed by atoms with van der Waals surface area (Å²) >= 11 is 5.88. The lowest BCUT2D eigenvalue weighted by Gasteiger charge is -2.06. The number of fused-ring (bicyclic) bond motifs is 1. The van der Waals surface area contributed by atoms with Gasteiger partial charge in [-0.15, -0.1) is 0 Å². The summed E-state index contributed by atoms with van der Waals surface area (Å²) in [6, 6.07) is 7.83. The molecule has 1 amide bonds. The molecule has 1 aromatic carbocycles. The molecule has 0 aliphatic rings. The standard InChI is InChI=1S/C17H15ClFN3O2/c1-24-14-6-3-9-22-10-11(21-16(14)22)7-8-20-17(23)15-12(18)4-2-5-13(15)19/h2-6,9-10H,7-8H2,1H3,(H,20,23). The van der Waals surface area contributed by atoms with Gasteiger partial charge in [0.2, 0.25) is 0 Å². The molecule has 0 spiro atoms. The monoisotopic (exact) mass is 347 g/mol. The smallest absolute Gasteiger partial charge is 0.255 e. The lowest BCUT2D eigenvalue weighted by molar-refractivity contribution is 0.0950. The molecule has 7 heteroatoms. The molecule has 0 radical (unpaired) electrons. The van der Waals surface area contributed by atoms with Crippen LogP contribution in [0.25, 0.3) is 5.65 Å². The van der Waals surface area contributed by atoms with Crippen molar-refractivity contribution in [1.82, 2.24) is 14.7 Å². The molecule has 1 N–H and O–H groups in total. The molecule has 5 nitrogen and oxygen atoms in total. The van der Waals surface area contributed by atoms with Crippen LogP contribution in [0.4, 0.5) is 4.39 Å². The van der Waals surface area contributed by atoms with Gasteiger partial charge in [-0.1, -0.05) is 17.7 Å². The minimum Gasteiger partial charge on any atom is -0.493 e. The van der Waals surface area contributed by atoms with Crippen LogP contribution < -0.4 is 10.1 Å². The number of amides is 1. The lowest BCUT2D eigenvalue weighted by Crippen LogP contribution is -2.27. The fourth-order valence-corrected chi connectivity index (χ4v) is 2.67. The zero-order valence-electron chi connectivity index (χ0n) is 12.9. The first-order chi connectivity index (χ1) is 11.6. The van der Waals surface area contributed by atoms with Gasteiger partial charge in [0.05, 0.1) is 23.4 Å². The van der Waals surface area contributed by atoms with Gasteiger partial charge in [-0.25, -0.2) is 9.37 Å². The number of aromatic nitrogens is 2. The number of carbonyl (C=O) groups excluding carboxylic acids is 1. The highest BCUT2D eigenvalue weighted by Gasteiger charge is 2.15. The van der Waals surface area contributed by atoms with Gasteiger partial charge < -0.3 is 14.5 Å². The molecule has 0 saturated carbocycles. The number of nitrogens with zero attached hydrogens (tertiary/aromatic N) is 2. The maximum atomic E-state index is 13.7. The molecular weight excluding hydrogens is 333 g/mol. The van der Waals surface area contributed by atoms with E-state index in [4.69, 9.17) is 16.3 Å². The van der Waals surface area contributed by atoms with E-state index in [1.807, 2.05) is 28.9 Å². The van der Waals surface area contributed by atoms with Crippen LogP contribution >= 0.6 is 11.6 Å². The van der Waals surface area contributed by atoms with Gasteiger partial charge in [-0.3, -0.25) is 4.79 Å². The number of benzene rings is 1. The molecule has 24 heavy (non-hydrogen) atoms. The predicted molar refractivity (Wildman–Crippen MR) is 89.2 cm³/mol. The van der Waals surface area contributed by atoms with Crippen molar-refractivity contribution in [2.75, 3.05) is 13.7 Å². The molecule has 0 aliphatic heterocycles. The Morgan fingerprint density at radius 1 is 1.38 bits per heavy atom. The van der Waals surface area contributed by atoms with Crippen molar-refractivity contribution >= 4 is 23.2 Å². The van der Waals surface area contributed by atoms with Crippen LogP contribution in [0.5, 0.6) is 5.75 Å². The number of carbonyl (C=O) groups is 1. The van der Waals surface area contributed by atoms with Crippen molar-refractivity contribution in [1.29, 1.82) is 0 Å². The Morgan fingerprint density at radius 2 is 2.21 bits per heavy atom. The van der Waals surface area contributed by atoms with Gasteiger partial charge in [0.15, 0.2) is 11.4 Å². The second kappa shape index (κ2) is 6.88. The summed E-state index contributed by atoms with van der Waals surface area (Å²) < 4.78 is 20.8.